The number of hydrogen-bond acceptors (Lipinski definition) is 4. The van der Waals surface area contributed by atoms with Gasteiger partial charge in [-0.1, -0.05) is 11.6 Å². The van der Waals surface area contributed by atoms with E-state index in [0.29, 0.717) is 15.8 Å². The van der Waals surface area contributed by atoms with Gasteiger partial charge in [0.05, 0.1) is 48.4 Å². The summed E-state index contributed by atoms with van der Waals surface area (Å²) in [6.07, 6.45) is 0. The number of anilines is 1. The zero-order valence-electron chi connectivity index (χ0n) is 11.9. The lowest BCUT2D eigenvalue weighted by molar-refractivity contribution is -0.904. The first-order valence-electron chi connectivity index (χ1n) is 6.95. The Hall–Kier alpha value is -1.48. The predicted molar refractivity (Wildman–Crippen MR) is 88.5 cm³/mol. The molecule has 1 aromatic carbocycles. The molecule has 1 aliphatic rings. The third-order valence-electron chi connectivity index (χ3n) is 3.63. The number of quaternary nitrogens is 1. The van der Waals surface area contributed by atoms with E-state index in [0.717, 1.165) is 32.7 Å². The third kappa shape index (κ3) is 4.26. The van der Waals surface area contributed by atoms with Gasteiger partial charge in [-0.05, 0) is 18.3 Å². The van der Waals surface area contributed by atoms with Gasteiger partial charge >= 0.3 is 0 Å². The number of nitrogens with one attached hydrogen (secondary N) is 2. The van der Waals surface area contributed by atoms with Crippen LogP contribution in [0.3, 0.4) is 0 Å². The quantitative estimate of drug-likeness (QED) is 0.409. The minimum atomic E-state index is -0.471. The molecule has 0 aliphatic carbocycles. The Morgan fingerprint density at radius 3 is 2.77 bits per heavy atom. The number of rotatable bonds is 4. The molecule has 0 amide bonds. The summed E-state index contributed by atoms with van der Waals surface area (Å²) < 4.78 is 0. The van der Waals surface area contributed by atoms with Crippen molar-refractivity contribution >= 4 is 40.3 Å². The number of nitro groups is 1. The zero-order chi connectivity index (χ0) is 16.1. The van der Waals surface area contributed by atoms with Crippen molar-refractivity contribution < 1.29 is 14.9 Å². The summed E-state index contributed by atoms with van der Waals surface area (Å²) in [4.78, 5) is 13.7. The van der Waals surface area contributed by atoms with Crippen LogP contribution in [0.15, 0.2) is 18.2 Å². The van der Waals surface area contributed by atoms with E-state index >= 15 is 0 Å². The number of thiocarbonyl (C=S) groups is 1. The number of aliphatic hydroxyl groups is 1. The highest BCUT2D eigenvalue weighted by molar-refractivity contribution is 7.80. The Bertz CT molecular complexity index is 564. The van der Waals surface area contributed by atoms with Gasteiger partial charge in [0.15, 0.2) is 5.11 Å². The number of non-ortho nitro benzene ring substituents is 1. The van der Waals surface area contributed by atoms with E-state index in [4.69, 9.17) is 28.9 Å². The predicted octanol–water partition coefficient (Wildman–Crippen LogP) is 0.138. The highest BCUT2D eigenvalue weighted by Gasteiger charge is 2.22. The highest BCUT2D eigenvalue weighted by Crippen LogP contribution is 2.26. The molecule has 1 aromatic rings. The van der Waals surface area contributed by atoms with E-state index in [-0.39, 0.29) is 12.3 Å². The van der Waals surface area contributed by atoms with Crippen LogP contribution in [-0.4, -0.2) is 59.4 Å². The molecule has 0 unspecified atom stereocenters. The van der Waals surface area contributed by atoms with Gasteiger partial charge in [-0.15, -0.1) is 0 Å². The van der Waals surface area contributed by atoms with Crippen LogP contribution >= 0.6 is 23.8 Å². The Morgan fingerprint density at radius 2 is 2.18 bits per heavy atom. The molecule has 1 heterocycles. The number of aliphatic hydroxyl groups excluding tert-OH is 1. The molecule has 7 nitrogen and oxygen atoms in total. The van der Waals surface area contributed by atoms with Crippen LogP contribution in [-0.2, 0) is 0 Å². The molecule has 0 saturated carbocycles. The number of halogens is 1. The zero-order valence-corrected chi connectivity index (χ0v) is 13.5. The van der Waals surface area contributed by atoms with Crippen molar-refractivity contribution in [3.05, 3.63) is 33.3 Å². The second kappa shape index (κ2) is 7.68. The second-order valence-electron chi connectivity index (χ2n) is 5.06. The number of hydrogen-bond donors (Lipinski definition) is 3. The van der Waals surface area contributed by atoms with Crippen molar-refractivity contribution in [2.24, 2.45) is 0 Å². The normalized spacial score (nSPS) is 15.6. The molecule has 22 heavy (non-hydrogen) atoms. The first-order chi connectivity index (χ1) is 10.5. The molecular formula is C13H18ClN4O3S+. The molecule has 0 spiro atoms. The summed E-state index contributed by atoms with van der Waals surface area (Å²) in [7, 11) is 0. The monoisotopic (exact) mass is 345 g/mol. The fourth-order valence-corrected chi connectivity index (χ4v) is 2.81. The lowest BCUT2D eigenvalue weighted by Crippen LogP contribution is -3.15. The summed E-state index contributed by atoms with van der Waals surface area (Å²) in [6.45, 7) is 4.25. The van der Waals surface area contributed by atoms with Crippen LogP contribution in [0.25, 0.3) is 0 Å². The van der Waals surface area contributed by atoms with E-state index in [9.17, 15) is 10.1 Å². The fourth-order valence-electron chi connectivity index (χ4n) is 2.35. The summed E-state index contributed by atoms with van der Waals surface area (Å²) in [5, 5.41) is 23.6. The molecule has 2 rings (SSSR count). The van der Waals surface area contributed by atoms with Crippen LogP contribution in [0.2, 0.25) is 5.02 Å². The smallest absolute Gasteiger partial charge is 0.271 e. The topological polar surface area (TPSA) is 83.1 Å². The molecule has 0 bridgehead atoms. The molecule has 9 heteroatoms. The van der Waals surface area contributed by atoms with Gasteiger partial charge in [-0.2, -0.15) is 0 Å². The molecule has 0 radical (unpaired) electrons. The maximum atomic E-state index is 10.8. The molecular weight excluding hydrogens is 328 g/mol. The standard InChI is InChI=1S/C13H17ClN4O3S/c14-11-2-1-10(18(20)21)9-12(11)15-13(22)17-5-3-16(4-6-17)7-8-19/h1-2,9,19H,3-8H2,(H,15,22)/p+1. The minimum absolute atomic E-state index is 0.0353. The SMILES string of the molecule is O=[N+]([O-])c1ccc(Cl)c(NC(=S)N2CC[NH+](CCO)CC2)c1. The average Bonchev–Trinajstić information content (AvgIpc) is 2.50. The van der Waals surface area contributed by atoms with Gasteiger partial charge in [0.25, 0.3) is 5.69 Å². The molecule has 1 saturated heterocycles. The summed E-state index contributed by atoms with van der Waals surface area (Å²) in [5.41, 5.74) is 0.401. The Labute approximate surface area is 138 Å². The summed E-state index contributed by atoms with van der Waals surface area (Å²) >= 11 is 11.4. The maximum absolute atomic E-state index is 10.8. The lowest BCUT2D eigenvalue weighted by atomic mass is 10.3. The average molecular weight is 346 g/mol. The van der Waals surface area contributed by atoms with Crippen molar-refractivity contribution in [1.82, 2.24) is 4.90 Å². The number of piperazine rings is 1. The second-order valence-corrected chi connectivity index (χ2v) is 5.86. The molecule has 1 fully saturated rings. The maximum Gasteiger partial charge on any atom is 0.271 e. The van der Waals surface area contributed by atoms with Crippen molar-refractivity contribution in [2.45, 2.75) is 0 Å². The Balaban J connectivity index is 1.98. The van der Waals surface area contributed by atoms with Crippen LogP contribution in [0.5, 0.6) is 0 Å². The fraction of sp³-hybridized carbons (Fsp3) is 0.462. The van der Waals surface area contributed by atoms with Gasteiger partial charge in [0.1, 0.15) is 6.54 Å². The van der Waals surface area contributed by atoms with Gasteiger partial charge in [0, 0.05) is 12.1 Å². The molecule has 3 N–H and O–H groups in total. The van der Waals surface area contributed by atoms with E-state index in [1.54, 1.807) is 0 Å². The first kappa shape index (κ1) is 16.9. The highest BCUT2D eigenvalue weighted by atomic mass is 35.5. The van der Waals surface area contributed by atoms with Crippen molar-refractivity contribution in [1.29, 1.82) is 0 Å². The van der Waals surface area contributed by atoms with E-state index < -0.39 is 4.92 Å². The minimum Gasteiger partial charge on any atom is -0.391 e. The number of benzene rings is 1. The van der Waals surface area contributed by atoms with Gasteiger partial charge in [-0.25, -0.2) is 0 Å². The van der Waals surface area contributed by atoms with Crippen LogP contribution in [0, 0.1) is 10.1 Å². The van der Waals surface area contributed by atoms with Crippen molar-refractivity contribution in [2.75, 3.05) is 44.6 Å². The van der Waals surface area contributed by atoms with Crippen LogP contribution < -0.4 is 10.2 Å². The van der Waals surface area contributed by atoms with E-state index in [1.807, 2.05) is 4.90 Å². The summed E-state index contributed by atoms with van der Waals surface area (Å²) in [6, 6.07) is 4.21. The molecule has 120 valence electrons. The van der Waals surface area contributed by atoms with Crippen LogP contribution in [0.4, 0.5) is 11.4 Å². The molecule has 1 aliphatic heterocycles. The first-order valence-corrected chi connectivity index (χ1v) is 7.74. The molecule has 0 atom stereocenters. The third-order valence-corrected chi connectivity index (χ3v) is 4.32. The van der Waals surface area contributed by atoms with Crippen molar-refractivity contribution in [3.8, 4) is 0 Å². The van der Waals surface area contributed by atoms with E-state index in [1.165, 1.54) is 23.1 Å². The van der Waals surface area contributed by atoms with Gasteiger partial charge < -0.3 is 20.2 Å². The van der Waals surface area contributed by atoms with E-state index in [2.05, 4.69) is 5.32 Å². The van der Waals surface area contributed by atoms with Crippen molar-refractivity contribution in [3.63, 3.8) is 0 Å². The summed E-state index contributed by atoms with van der Waals surface area (Å²) in [5.74, 6) is 0. The lowest BCUT2D eigenvalue weighted by Gasteiger charge is -2.33. The Morgan fingerprint density at radius 1 is 1.50 bits per heavy atom. The largest absolute Gasteiger partial charge is 0.391 e. The van der Waals surface area contributed by atoms with Gasteiger partial charge in [-0.3, -0.25) is 10.1 Å². The Kier molecular flexibility index (Phi) is 5.90. The van der Waals surface area contributed by atoms with Crippen LogP contribution in [0.1, 0.15) is 0 Å². The molecule has 0 aromatic heterocycles. The van der Waals surface area contributed by atoms with Gasteiger partial charge in [0.2, 0.25) is 0 Å². The number of nitro benzene ring substituents is 1. The number of nitrogens with zero attached hydrogens (tertiary/aromatic N) is 2.